The number of alkyl carbamates (subject to hydrolysis) is 1. The van der Waals surface area contributed by atoms with E-state index < -0.39 is 40.4 Å². The molecule has 0 atom stereocenters. The summed E-state index contributed by atoms with van der Waals surface area (Å²) in [7, 11) is 0. The van der Waals surface area contributed by atoms with Gasteiger partial charge < -0.3 is 4.74 Å². The Labute approximate surface area is 138 Å². The number of nitrogens with one attached hydrogen (secondary N) is 3. The summed E-state index contributed by atoms with van der Waals surface area (Å²) in [5.41, 5.74) is -0.707. The summed E-state index contributed by atoms with van der Waals surface area (Å²) in [4.78, 5) is 48.4. The number of carbonyl (C=O) groups is 2. The van der Waals surface area contributed by atoms with E-state index in [-0.39, 0.29) is 12.3 Å². The Kier molecular flexibility index (Phi) is 5.27. The van der Waals surface area contributed by atoms with Gasteiger partial charge in [0.2, 0.25) is 0 Å². The molecule has 1 aromatic heterocycles. The zero-order valence-electron chi connectivity index (χ0n) is 12.8. The summed E-state index contributed by atoms with van der Waals surface area (Å²) in [5, 5.41) is 1.78. The molecule has 0 saturated heterocycles. The Hall–Kier alpha value is -3.50. The van der Waals surface area contributed by atoms with Gasteiger partial charge in [0.25, 0.3) is 11.5 Å². The number of rotatable bonds is 4. The van der Waals surface area contributed by atoms with Gasteiger partial charge in [-0.3, -0.25) is 25.3 Å². The van der Waals surface area contributed by atoms with Crippen molar-refractivity contribution in [3.05, 3.63) is 62.4 Å². The monoisotopic (exact) mass is 354 g/mol. The summed E-state index contributed by atoms with van der Waals surface area (Å²) in [5.74, 6) is -2.96. The van der Waals surface area contributed by atoms with Gasteiger partial charge in [0, 0.05) is 6.07 Å². The third kappa shape index (κ3) is 4.28. The third-order valence-corrected chi connectivity index (χ3v) is 2.85. The number of carbonyl (C=O) groups excluding carboxylic acids is 2. The molecule has 2 amide bonds. The molecule has 0 unspecified atom stereocenters. The Morgan fingerprint density at radius 2 is 2.00 bits per heavy atom. The second-order valence-electron chi connectivity index (χ2n) is 4.58. The minimum atomic E-state index is -1.13. The van der Waals surface area contributed by atoms with Gasteiger partial charge in [-0.25, -0.2) is 23.0 Å². The molecule has 0 spiro atoms. The maximum absolute atomic E-state index is 13.6. The van der Waals surface area contributed by atoms with Gasteiger partial charge in [-0.1, -0.05) is 0 Å². The molecule has 132 valence electrons. The van der Waals surface area contributed by atoms with Crippen LogP contribution in [0.2, 0.25) is 0 Å². The van der Waals surface area contributed by atoms with Crippen LogP contribution in [0.3, 0.4) is 0 Å². The number of hydrogen-bond donors (Lipinski definition) is 3. The predicted octanol–water partition coefficient (Wildman–Crippen LogP) is 0.576. The van der Waals surface area contributed by atoms with Gasteiger partial charge in [-0.2, -0.15) is 0 Å². The SMILES string of the molecule is CCOC(=O)NC(=O)c1cn(Nc2ccc(F)cc2F)c(=O)[nH]c1=O. The number of ether oxygens (including phenoxy) is 1. The lowest BCUT2D eigenvalue weighted by atomic mass is 10.3. The molecule has 0 fully saturated rings. The van der Waals surface area contributed by atoms with Crippen molar-refractivity contribution in [1.29, 1.82) is 0 Å². The van der Waals surface area contributed by atoms with E-state index in [1.807, 2.05) is 4.98 Å². The third-order valence-electron chi connectivity index (χ3n) is 2.85. The number of halogens is 2. The topological polar surface area (TPSA) is 122 Å². The first-order valence-electron chi connectivity index (χ1n) is 6.88. The number of hydrogen-bond acceptors (Lipinski definition) is 6. The zero-order chi connectivity index (χ0) is 18.6. The van der Waals surface area contributed by atoms with Crippen molar-refractivity contribution in [3.8, 4) is 0 Å². The van der Waals surface area contributed by atoms with E-state index in [9.17, 15) is 28.0 Å². The van der Waals surface area contributed by atoms with Gasteiger partial charge in [0.1, 0.15) is 11.4 Å². The highest BCUT2D eigenvalue weighted by Gasteiger charge is 2.17. The number of benzene rings is 1. The van der Waals surface area contributed by atoms with Crippen molar-refractivity contribution >= 4 is 17.7 Å². The molecule has 0 bridgehead atoms. The lowest BCUT2D eigenvalue weighted by Gasteiger charge is -2.11. The van der Waals surface area contributed by atoms with Crippen molar-refractivity contribution in [2.45, 2.75) is 6.92 Å². The maximum Gasteiger partial charge on any atom is 0.414 e. The van der Waals surface area contributed by atoms with Crippen LogP contribution in [0, 0.1) is 11.6 Å². The Morgan fingerprint density at radius 1 is 1.28 bits per heavy atom. The molecule has 0 aliphatic heterocycles. The zero-order valence-corrected chi connectivity index (χ0v) is 12.8. The Balaban J connectivity index is 2.34. The van der Waals surface area contributed by atoms with Gasteiger partial charge >= 0.3 is 11.8 Å². The standard InChI is InChI=1S/C14H12F2N4O5/c1-2-25-14(24)18-12(22)8-6-20(13(23)17-11(8)21)19-10-4-3-7(15)5-9(10)16/h3-6,19H,2H2,1H3,(H,17,21,23)(H,18,22,24). The van der Waals surface area contributed by atoms with Gasteiger partial charge in [0.15, 0.2) is 5.82 Å². The molecule has 0 aliphatic carbocycles. The number of amides is 2. The molecular formula is C14H12F2N4O5. The lowest BCUT2D eigenvalue weighted by Crippen LogP contribution is -2.40. The fourth-order valence-corrected chi connectivity index (χ4v) is 1.75. The molecule has 1 aromatic carbocycles. The van der Waals surface area contributed by atoms with Crippen LogP contribution >= 0.6 is 0 Å². The average molecular weight is 354 g/mol. The summed E-state index contributed by atoms with van der Waals surface area (Å²) in [6.07, 6.45) is -0.319. The molecular weight excluding hydrogens is 342 g/mol. The van der Waals surface area contributed by atoms with E-state index >= 15 is 0 Å². The summed E-state index contributed by atoms with van der Waals surface area (Å²) >= 11 is 0. The number of imide groups is 1. The van der Waals surface area contributed by atoms with E-state index in [1.165, 1.54) is 6.92 Å². The maximum atomic E-state index is 13.6. The van der Waals surface area contributed by atoms with Gasteiger partial charge in [-0.05, 0) is 19.1 Å². The number of anilines is 1. The van der Waals surface area contributed by atoms with Gasteiger partial charge in [0.05, 0.1) is 18.5 Å². The first kappa shape index (κ1) is 17.8. The number of nitrogens with zero attached hydrogens (tertiary/aromatic N) is 1. The first-order valence-corrected chi connectivity index (χ1v) is 6.88. The van der Waals surface area contributed by atoms with E-state index in [1.54, 1.807) is 5.32 Å². The van der Waals surface area contributed by atoms with Crippen molar-refractivity contribution in [3.63, 3.8) is 0 Å². The predicted molar refractivity (Wildman–Crippen MR) is 81.2 cm³/mol. The molecule has 1 heterocycles. The molecule has 0 aliphatic rings. The van der Waals surface area contributed by atoms with Crippen LogP contribution in [0.4, 0.5) is 19.3 Å². The van der Waals surface area contributed by atoms with Crippen LogP contribution in [0.15, 0.2) is 34.0 Å². The van der Waals surface area contributed by atoms with Crippen LogP contribution in [-0.4, -0.2) is 28.3 Å². The van der Waals surface area contributed by atoms with E-state index in [0.29, 0.717) is 10.7 Å². The molecule has 0 radical (unpaired) electrons. The second-order valence-corrected chi connectivity index (χ2v) is 4.58. The average Bonchev–Trinajstić information content (AvgIpc) is 2.52. The highest BCUT2D eigenvalue weighted by Crippen LogP contribution is 2.14. The minimum absolute atomic E-state index is 0.000365. The minimum Gasteiger partial charge on any atom is -0.450 e. The Bertz CT molecular complexity index is 938. The number of aromatic amines is 1. The summed E-state index contributed by atoms with van der Waals surface area (Å²) in [6, 6.07) is 2.53. The normalized spacial score (nSPS) is 10.2. The van der Waals surface area contributed by atoms with E-state index in [0.717, 1.165) is 18.3 Å². The van der Waals surface area contributed by atoms with E-state index in [2.05, 4.69) is 10.2 Å². The molecule has 11 heteroatoms. The molecule has 25 heavy (non-hydrogen) atoms. The molecule has 0 saturated carbocycles. The van der Waals surface area contributed by atoms with Crippen molar-refractivity contribution in [1.82, 2.24) is 15.0 Å². The number of aromatic nitrogens is 2. The number of H-pyrrole nitrogens is 1. The summed E-state index contributed by atoms with van der Waals surface area (Å²) in [6.45, 7) is 1.51. The quantitative estimate of drug-likeness (QED) is 0.738. The Morgan fingerprint density at radius 3 is 2.64 bits per heavy atom. The van der Waals surface area contributed by atoms with Crippen LogP contribution in [0.5, 0.6) is 0 Å². The van der Waals surface area contributed by atoms with E-state index in [4.69, 9.17) is 0 Å². The fourth-order valence-electron chi connectivity index (χ4n) is 1.75. The van der Waals surface area contributed by atoms with Crippen LogP contribution in [-0.2, 0) is 4.74 Å². The molecule has 9 nitrogen and oxygen atoms in total. The highest BCUT2D eigenvalue weighted by atomic mass is 19.1. The lowest BCUT2D eigenvalue weighted by molar-refractivity contribution is 0.0922. The second kappa shape index (κ2) is 7.38. The molecule has 2 aromatic rings. The van der Waals surface area contributed by atoms with Gasteiger partial charge in [-0.15, -0.1) is 0 Å². The van der Waals surface area contributed by atoms with Crippen LogP contribution in [0.1, 0.15) is 17.3 Å². The molecule has 2 rings (SSSR count). The van der Waals surface area contributed by atoms with Crippen molar-refractivity contribution in [2.24, 2.45) is 0 Å². The molecule has 3 N–H and O–H groups in total. The van der Waals surface area contributed by atoms with Crippen LogP contribution < -0.4 is 22.0 Å². The summed E-state index contributed by atoms with van der Waals surface area (Å²) < 4.78 is 31.6. The van der Waals surface area contributed by atoms with Crippen molar-refractivity contribution in [2.75, 3.05) is 12.0 Å². The highest BCUT2D eigenvalue weighted by molar-refractivity contribution is 6.02. The van der Waals surface area contributed by atoms with Crippen molar-refractivity contribution < 1.29 is 23.1 Å². The van der Waals surface area contributed by atoms with Crippen LogP contribution in [0.25, 0.3) is 0 Å². The smallest absolute Gasteiger partial charge is 0.414 e. The first-order chi connectivity index (χ1) is 11.8. The largest absolute Gasteiger partial charge is 0.450 e. The fraction of sp³-hybridized carbons (Fsp3) is 0.143.